The second-order valence-corrected chi connectivity index (χ2v) is 11.0. The molecule has 0 saturated carbocycles. The molecule has 12 nitrogen and oxygen atoms in total. The van der Waals surface area contributed by atoms with Gasteiger partial charge in [0.05, 0.1) is 6.54 Å². The number of anilines is 1. The zero-order chi connectivity index (χ0) is 31.3. The van der Waals surface area contributed by atoms with E-state index in [-0.39, 0.29) is 37.3 Å². The zero-order valence-electron chi connectivity index (χ0n) is 25.7. The Bertz CT molecular complexity index is 1080. The molecule has 0 heterocycles. The third kappa shape index (κ3) is 12.5. The minimum absolute atomic E-state index is 0.0725. The lowest BCUT2D eigenvalue weighted by Gasteiger charge is -2.29. The van der Waals surface area contributed by atoms with Crippen LogP contribution in [-0.4, -0.2) is 72.2 Å². The first-order chi connectivity index (χ1) is 19.2. The Morgan fingerprint density at radius 3 is 2.07 bits per heavy atom. The van der Waals surface area contributed by atoms with E-state index in [0.717, 1.165) is 22.4 Å². The number of amides is 4. The Hall–Kier alpha value is -3.83. The number of benzene rings is 1. The van der Waals surface area contributed by atoms with E-state index in [1.807, 2.05) is 47.6 Å². The number of nitrogens with one attached hydrogen (secondary N) is 3. The highest BCUT2D eigenvalue weighted by Gasteiger charge is 2.31. The summed E-state index contributed by atoms with van der Waals surface area (Å²) in [5.74, 6) is -1.91. The number of carbonyl (C=O) groups is 4. The zero-order valence-corrected chi connectivity index (χ0v) is 25.7. The van der Waals surface area contributed by atoms with Gasteiger partial charge in [-0.15, -0.1) is 0 Å². The number of hydrogen-bond acceptors (Lipinski definition) is 6. The summed E-state index contributed by atoms with van der Waals surface area (Å²) < 4.78 is 0. The first kappa shape index (κ1) is 35.2. The van der Waals surface area contributed by atoms with E-state index in [1.165, 1.54) is 4.90 Å². The van der Waals surface area contributed by atoms with Crippen molar-refractivity contribution in [1.29, 1.82) is 0 Å². The van der Waals surface area contributed by atoms with Crippen LogP contribution in [-0.2, 0) is 19.2 Å². The third-order valence-corrected chi connectivity index (χ3v) is 6.66. The maximum absolute atomic E-state index is 13.5. The molecule has 0 bridgehead atoms. The van der Waals surface area contributed by atoms with E-state index in [1.54, 1.807) is 6.92 Å². The van der Waals surface area contributed by atoms with Crippen LogP contribution in [0.5, 0.6) is 0 Å². The number of aliphatic imine (C=N–C) groups is 1. The molecule has 0 aliphatic heterocycles. The van der Waals surface area contributed by atoms with Gasteiger partial charge in [0.25, 0.3) is 0 Å². The molecular formula is C29H50N8O4. The average molecular weight is 575 g/mol. The second-order valence-electron chi connectivity index (χ2n) is 11.0. The molecule has 0 aromatic heterocycles. The van der Waals surface area contributed by atoms with Gasteiger partial charge in [0.1, 0.15) is 18.1 Å². The van der Waals surface area contributed by atoms with Crippen molar-refractivity contribution in [3.63, 3.8) is 0 Å². The highest BCUT2D eigenvalue weighted by atomic mass is 16.2. The van der Waals surface area contributed by atoms with Gasteiger partial charge in [0.2, 0.25) is 23.6 Å². The van der Waals surface area contributed by atoms with Gasteiger partial charge in [0, 0.05) is 18.8 Å². The largest absolute Gasteiger partial charge is 0.374 e. The monoisotopic (exact) mass is 574 g/mol. The van der Waals surface area contributed by atoms with Gasteiger partial charge in [0.15, 0.2) is 5.96 Å². The highest BCUT2D eigenvalue weighted by Crippen LogP contribution is 2.21. The normalized spacial score (nSPS) is 13.1. The van der Waals surface area contributed by atoms with Crippen LogP contribution in [0.1, 0.15) is 70.1 Å². The van der Waals surface area contributed by atoms with E-state index in [4.69, 9.17) is 17.2 Å². The molecule has 3 atom stereocenters. The molecule has 4 amide bonds. The number of carbonyl (C=O) groups excluding carboxylic acids is 4. The van der Waals surface area contributed by atoms with Crippen molar-refractivity contribution in [1.82, 2.24) is 15.5 Å². The Morgan fingerprint density at radius 1 is 0.902 bits per heavy atom. The second kappa shape index (κ2) is 17.1. The molecule has 0 fully saturated rings. The Labute approximate surface area is 244 Å². The van der Waals surface area contributed by atoms with Crippen LogP contribution in [0.4, 0.5) is 5.69 Å². The van der Waals surface area contributed by atoms with Crippen LogP contribution < -0.4 is 33.2 Å². The maximum Gasteiger partial charge on any atom is 0.245 e. The van der Waals surface area contributed by atoms with Crippen molar-refractivity contribution in [3.8, 4) is 0 Å². The number of rotatable bonds is 17. The number of nitrogens with zero attached hydrogens (tertiary/aromatic N) is 2. The summed E-state index contributed by atoms with van der Waals surface area (Å²) in [6.45, 7) is 13.8. The number of hydrogen-bond donors (Lipinski definition) is 6. The molecular weight excluding hydrogens is 524 g/mol. The lowest BCUT2D eigenvalue weighted by Crippen LogP contribution is -2.56. The Kier molecular flexibility index (Phi) is 14.7. The van der Waals surface area contributed by atoms with Crippen molar-refractivity contribution in [2.45, 2.75) is 92.3 Å². The summed E-state index contributed by atoms with van der Waals surface area (Å²) in [6, 6.07) is 1.60. The molecule has 1 aromatic rings. The van der Waals surface area contributed by atoms with Crippen LogP contribution in [0.2, 0.25) is 0 Å². The van der Waals surface area contributed by atoms with E-state index in [9.17, 15) is 19.2 Å². The van der Waals surface area contributed by atoms with Gasteiger partial charge in [-0.1, -0.05) is 26.8 Å². The molecule has 0 spiro atoms. The fourth-order valence-electron chi connectivity index (χ4n) is 4.39. The van der Waals surface area contributed by atoms with Gasteiger partial charge < -0.3 is 38.1 Å². The van der Waals surface area contributed by atoms with Crippen LogP contribution in [0.3, 0.4) is 0 Å². The first-order valence-electron chi connectivity index (χ1n) is 14.2. The van der Waals surface area contributed by atoms with Crippen LogP contribution in [0.25, 0.3) is 0 Å². The number of guanidine groups is 1. The van der Waals surface area contributed by atoms with Crippen molar-refractivity contribution in [2.75, 3.05) is 25.0 Å². The van der Waals surface area contributed by atoms with Crippen molar-refractivity contribution >= 4 is 35.3 Å². The molecule has 0 saturated heterocycles. The molecule has 1 rings (SSSR count). The topological polar surface area (TPSA) is 198 Å². The van der Waals surface area contributed by atoms with Crippen LogP contribution in [0.15, 0.2) is 17.1 Å². The number of aryl methyl sites for hydroxylation is 3. The predicted octanol–water partition coefficient (Wildman–Crippen LogP) is 1.21. The summed E-state index contributed by atoms with van der Waals surface area (Å²) >= 11 is 0. The van der Waals surface area contributed by atoms with E-state index < -0.39 is 35.8 Å². The maximum atomic E-state index is 13.5. The van der Waals surface area contributed by atoms with Gasteiger partial charge in [-0.25, -0.2) is 0 Å². The van der Waals surface area contributed by atoms with Gasteiger partial charge >= 0.3 is 0 Å². The highest BCUT2D eigenvalue weighted by molar-refractivity contribution is 5.94. The lowest BCUT2D eigenvalue weighted by atomic mass is 10.0. The smallest absolute Gasteiger partial charge is 0.245 e. The van der Waals surface area contributed by atoms with Crippen molar-refractivity contribution < 1.29 is 19.2 Å². The molecule has 41 heavy (non-hydrogen) atoms. The molecule has 9 N–H and O–H groups in total. The minimum Gasteiger partial charge on any atom is -0.374 e. The minimum atomic E-state index is -0.956. The Balaban J connectivity index is 3.12. The summed E-state index contributed by atoms with van der Waals surface area (Å²) in [7, 11) is 0. The predicted molar refractivity (Wildman–Crippen MR) is 163 cm³/mol. The van der Waals surface area contributed by atoms with Crippen LogP contribution >= 0.6 is 0 Å². The van der Waals surface area contributed by atoms with Crippen LogP contribution in [0, 0.1) is 26.7 Å². The van der Waals surface area contributed by atoms with Gasteiger partial charge in [-0.2, -0.15) is 0 Å². The quantitative estimate of drug-likeness (QED) is 0.0912. The molecule has 0 unspecified atom stereocenters. The molecule has 0 radical (unpaired) electrons. The fourth-order valence-corrected chi connectivity index (χ4v) is 4.39. The summed E-state index contributed by atoms with van der Waals surface area (Å²) in [6.07, 6.45) is 1.60. The number of nitrogens with two attached hydrogens (primary N) is 3. The molecule has 0 aliphatic carbocycles. The van der Waals surface area contributed by atoms with Gasteiger partial charge in [-0.3, -0.25) is 24.2 Å². The summed E-state index contributed by atoms with van der Waals surface area (Å²) in [5.41, 5.74) is 20.3. The lowest BCUT2D eigenvalue weighted by molar-refractivity contribution is -0.139. The Morgan fingerprint density at radius 2 is 1.51 bits per heavy atom. The van der Waals surface area contributed by atoms with E-state index >= 15 is 0 Å². The summed E-state index contributed by atoms with van der Waals surface area (Å²) in [4.78, 5) is 57.0. The standard InChI is InChI=1S/C29H50N8O4/c1-8-12-37(16-25(30)38)28(41)22(10-9-11-33-29(31)32)35-27(40)24(13-17(2)3)36-26(39)21(7)34-23-15-19(5)18(4)14-20(23)6/h14-15,17,21-22,24,34H,8-13,16H2,1-7H3,(H2,30,38)(H,35,40)(H,36,39)(H4,31,32,33)/t21-,22+,24+/m1/s1. The van der Waals surface area contributed by atoms with E-state index in [2.05, 4.69) is 27.0 Å². The van der Waals surface area contributed by atoms with E-state index in [0.29, 0.717) is 25.8 Å². The fraction of sp³-hybridized carbons (Fsp3) is 0.621. The van der Waals surface area contributed by atoms with Crippen molar-refractivity contribution in [2.24, 2.45) is 28.1 Å². The molecule has 230 valence electrons. The van der Waals surface area contributed by atoms with Gasteiger partial charge in [-0.05, 0) is 82.1 Å². The first-order valence-corrected chi connectivity index (χ1v) is 14.2. The van der Waals surface area contributed by atoms with Crippen molar-refractivity contribution in [3.05, 3.63) is 28.8 Å². The molecule has 1 aromatic carbocycles. The third-order valence-electron chi connectivity index (χ3n) is 6.66. The summed E-state index contributed by atoms with van der Waals surface area (Å²) in [5, 5.41) is 8.91. The SMILES string of the molecule is CCCN(CC(N)=O)C(=O)[C@H](CCCN=C(N)N)NC(=O)[C@H](CC(C)C)NC(=O)[C@@H](C)Nc1cc(C)c(C)cc1C. The average Bonchev–Trinajstić information content (AvgIpc) is 2.87. The molecule has 12 heteroatoms. The molecule has 0 aliphatic rings. The number of primary amides is 1.